The zero-order valence-electron chi connectivity index (χ0n) is 17.0. The average molecular weight is 424 g/mol. The molecule has 6 nitrogen and oxygen atoms in total. The molecule has 5 rings (SSSR count). The molecular weight excluding hydrogens is 404 g/mol. The fourth-order valence-electron chi connectivity index (χ4n) is 4.00. The lowest BCUT2D eigenvalue weighted by atomic mass is 9.75. The van der Waals surface area contributed by atoms with Crippen molar-refractivity contribution in [3.63, 3.8) is 0 Å². The van der Waals surface area contributed by atoms with Crippen LogP contribution in [0.3, 0.4) is 0 Å². The number of Topliss-reactive ketones (excluding diaryl/α,β-unsaturated/α-hetero) is 2. The Bertz CT molecular complexity index is 1280. The first kappa shape index (κ1) is 19.9. The van der Waals surface area contributed by atoms with Gasteiger partial charge in [-0.15, -0.1) is 0 Å². The third kappa shape index (κ3) is 3.13. The number of nitrogens with two attached hydrogens (primary N) is 2. The Morgan fingerprint density at radius 3 is 1.88 bits per heavy atom. The van der Waals surface area contributed by atoms with E-state index in [0.717, 1.165) is 0 Å². The standard InChI is InChI=1S/C26H20N2O4/c27-25-22-20(23(29)18-13-7-8-14-19(18)24(22)30)15-21(31-16-9-3-1-4-10-16)26(25,28)32-17-11-5-2-6-12-17/h1-15,25H,27-28H2. The van der Waals surface area contributed by atoms with Crippen molar-refractivity contribution in [1.29, 1.82) is 0 Å². The van der Waals surface area contributed by atoms with Crippen molar-refractivity contribution in [2.24, 2.45) is 11.5 Å². The molecule has 0 aliphatic heterocycles. The minimum absolute atomic E-state index is 0.118. The molecule has 158 valence electrons. The third-order valence-electron chi connectivity index (χ3n) is 5.63. The van der Waals surface area contributed by atoms with Crippen LogP contribution in [0.1, 0.15) is 20.7 Å². The molecule has 6 heteroatoms. The fourth-order valence-corrected chi connectivity index (χ4v) is 4.00. The van der Waals surface area contributed by atoms with Crippen molar-refractivity contribution in [1.82, 2.24) is 0 Å². The van der Waals surface area contributed by atoms with Gasteiger partial charge in [-0.05, 0) is 30.3 Å². The van der Waals surface area contributed by atoms with Crippen LogP contribution in [0.15, 0.2) is 108 Å². The smallest absolute Gasteiger partial charge is 0.236 e. The van der Waals surface area contributed by atoms with E-state index in [9.17, 15) is 9.59 Å². The molecule has 3 aromatic carbocycles. The summed E-state index contributed by atoms with van der Waals surface area (Å²) in [5.41, 5.74) is 12.5. The van der Waals surface area contributed by atoms with Crippen molar-refractivity contribution in [3.05, 3.63) is 119 Å². The van der Waals surface area contributed by atoms with Crippen LogP contribution in [0.5, 0.6) is 11.5 Å². The molecule has 0 fully saturated rings. The van der Waals surface area contributed by atoms with Gasteiger partial charge in [0.05, 0.1) is 6.04 Å². The van der Waals surface area contributed by atoms with Crippen molar-refractivity contribution in [2.75, 3.05) is 0 Å². The summed E-state index contributed by atoms with van der Waals surface area (Å²) < 4.78 is 12.2. The van der Waals surface area contributed by atoms with Gasteiger partial charge in [-0.25, -0.2) is 0 Å². The van der Waals surface area contributed by atoms with Crippen LogP contribution in [0.4, 0.5) is 0 Å². The minimum Gasteiger partial charge on any atom is -0.463 e. The molecular formula is C26H20N2O4. The van der Waals surface area contributed by atoms with Gasteiger partial charge in [0.1, 0.15) is 11.5 Å². The van der Waals surface area contributed by atoms with Gasteiger partial charge in [0.2, 0.25) is 5.72 Å². The molecule has 4 N–H and O–H groups in total. The number of carbonyl (C=O) groups excluding carboxylic acids is 2. The second-order valence-electron chi connectivity index (χ2n) is 7.64. The molecule has 0 spiro atoms. The lowest BCUT2D eigenvalue weighted by molar-refractivity contribution is 0.0523. The zero-order valence-corrected chi connectivity index (χ0v) is 17.0. The number of hydrogen-bond acceptors (Lipinski definition) is 6. The summed E-state index contributed by atoms with van der Waals surface area (Å²) in [4.78, 5) is 26.6. The highest BCUT2D eigenvalue weighted by atomic mass is 16.6. The lowest BCUT2D eigenvalue weighted by Crippen LogP contribution is -2.65. The molecule has 0 amide bonds. The van der Waals surface area contributed by atoms with Crippen LogP contribution in [0.2, 0.25) is 0 Å². The van der Waals surface area contributed by atoms with E-state index >= 15 is 0 Å². The Labute approximate surface area is 184 Å². The second-order valence-corrected chi connectivity index (χ2v) is 7.64. The van der Waals surface area contributed by atoms with E-state index < -0.39 is 11.8 Å². The highest BCUT2D eigenvalue weighted by molar-refractivity contribution is 6.28. The van der Waals surface area contributed by atoms with E-state index in [2.05, 4.69) is 0 Å². The average Bonchev–Trinajstić information content (AvgIpc) is 2.82. The summed E-state index contributed by atoms with van der Waals surface area (Å²) >= 11 is 0. The van der Waals surface area contributed by atoms with E-state index in [-0.39, 0.29) is 28.5 Å². The monoisotopic (exact) mass is 424 g/mol. The number of carbonyl (C=O) groups is 2. The first-order chi connectivity index (χ1) is 15.5. The minimum atomic E-state index is -1.72. The number of ether oxygens (including phenoxy) is 2. The Morgan fingerprint density at radius 1 is 0.719 bits per heavy atom. The first-order valence-electron chi connectivity index (χ1n) is 10.2. The quantitative estimate of drug-likeness (QED) is 0.622. The van der Waals surface area contributed by atoms with Gasteiger partial charge in [0.15, 0.2) is 17.3 Å². The largest absolute Gasteiger partial charge is 0.463 e. The number of allylic oxidation sites excluding steroid dienone is 2. The molecule has 3 aromatic rings. The van der Waals surface area contributed by atoms with Gasteiger partial charge in [-0.2, -0.15) is 0 Å². The molecule has 2 atom stereocenters. The molecule has 2 unspecified atom stereocenters. The second kappa shape index (κ2) is 7.60. The number of rotatable bonds is 4. The van der Waals surface area contributed by atoms with Crippen LogP contribution in [0, 0.1) is 0 Å². The topological polar surface area (TPSA) is 105 Å². The maximum Gasteiger partial charge on any atom is 0.236 e. The summed E-state index contributed by atoms with van der Waals surface area (Å²) in [5, 5.41) is 0. The predicted molar refractivity (Wildman–Crippen MR) is 119 cm³/mol. The SMILES string of the molecule is NC1C2=C(C=C(Oc3ccccc3)C1(N)Oc1ccccc1)C(=O)c1ccccc1C2=O. The highest BCUT2D eigenvalue weighted by Gasteiger charge is 2.51. The number of hydrogen-bond donors (Lipinski definition) is 2. The highest BCUT2D eigenvalue weighted by Crippen LogP contribution is 2.39. The van der Waals surface area contributed by atoms with Gasteiger partial charge >= 0.3 is 0 Å². The van der Waals surface area contributed by atoms with Gasteiger partial charge in [-0.3, -0.25) is 15.3 Å². The maximum absolute atomic E-state index is 13.3. The van der Waals surface area contributed by atoms with Crippen molar-refractivity contribution in [3.8, 4) is 11.5 Å². The van der Waals surface area contributed by atoms with E-state index in [4.69, 9.17) is 20.9 Å². The number of para-hydroxylation sites is 2. The maximum atomic E-state index is 13.3. The van der Waals surface area contributed by atoms with E-state index in [0.29, 0.717) is 22.6 Å². The third-order valence-corrected chi connectivity index (χ3v) is 5.63. The fraction of sp³-hybridized carbons (Fsp3) is 0.0769. The van der Waals surface area contributed by atoms with Crippen molar-refractivity contribution < 1.29 is 19.1 Å². The molecule has 0 bridgehead atoms. The first-order valence-corrected chi connectivity index (χ1v) is 10.2. The zero-order chi connectivity index (χ0) is 22.3. The number of ketones is 2. The molecule has 0 saturated carbocycles. The Morgan fingerprint density at radius 2 is 1.25 bits per heavy atom. The van der Waals surface area contributed by atoms with Crippen molar-refractivity contribution in [2.45, 2.75) is 11.8 Å². The van der Waals surface area contributed by atoms with Gasteiger partial charge in [-0.1, -0.05) is 60.7 Å². The molecule has 0 heterocycles. The van der Waals surface area contributed by atoms with E-state index in [1.165, 1.54) is 6.08 Å². The predicted octanol–water partition coefficient (Wildman–Crippen LogP) is 3.40. The summed E-state index contributed by atoms with van der Waals surface area (Å²) in [6, 6.07) is 23.4. The van der Waals surface area contributed by atoms with Gasteiger partial charge in [0.25, 0.3) is 0 Å². The molecule has 0 aromatic heterocycles. The Hall–Kier alpha value is -4.00. The van der Waals surface area contributed by atoms with E-state index in [1.54, 1.807) is 60.7 Å². The van der Waals surface area contributed by atoms with E-state index in [1.807, 2.05) is 24.3 Å². The van der Waals surface area contributed by atoms with Crippen LogP contribution in [0.25, 0.3) is 0 Å². The molecule has 2 aliphatic rings. The molecule has 0 radical (unpaired) electrons. The van der Waals surface area contributed by atoms with Crippen LogP contribution in [-0.2, 0) is 0 Å². The number of benzene rings is 3. The molecule has 32 heavy (non-hydrogen) atoms. The normalized spacial score (nSPS) is 22.1. The van der Waals surface area contributed by atoms with Crippen LogP contribution in [-0.4, -0.2) is 23.3 Å². The van der Waals surface area contributed by atoms with Crippen LogP contribution >= 0.6 is 0 Å². The summed E-state index contributed by atoms with van der Waals surface area (Å²) in [6.07, 6.45) is 1.48. The van der Waals surface area contributed by atoms with Crippen molar-refractivity contribution >= 4 is 11.6 Å². The number of fused-ring (bicyclic) bond motifs is 1. The Kier molecular flexibility index (Phi) is 4.74. The molecule has 2 aliphatic carbocycles. The Balaban J connectivity index is 1.66. The van der Waals surface area contributed by atoms with Gasteiger partial charge in [0, 0.05) is 22.3 Å². The molecule has 0 saturated heterocycles. The van der Waals surface area contributed by atoms with Gasteiger partial charge < -0.3 is 15.2 Å². The summed E-state index contributed by atoms with van der Waals surface area (Å²) in [7, 11) is 0. The summed E-state index contributed by atoms with van der Waals surface area (Å²) in [6.45, 7) is 0. The summed E-state index contributed by atoms with van der Waals surface area (Å²) in [5.74, 6) is 0.439. The lowest BCUT2D eigenvalue weighted by Gasteiger charge is -2.41. The van der Waals surface area contributed by atoms with Crippen LogP contribution < -0.4 is 20.9 Å².